The van der Waals surface area contributed by atoms with Crippen molar-refractivity contribution >= 4 is 28.5 Å². The highest BCUT2D eigenvalue weighted by atomic mass is 16.5. The number of ether oxygens (including phenoxy) is 2. The first-order valence-electron chi connectivity index (χ1n) is 11.2. The number of anilines is 1. The Morgan fingerprint density at radius 2 is 1.76 bits per heavy atom. The quantitative estimate of drug-likeness (QED) is 0.420. The number of esters is 1. The molecule has 0 saturated heterocycles. The summed E-state index contributed by atoms with van der Waals surface area (Å²) in [6.07, 6.45) is 4.42. The van der Waals surface area contributed by atoms with Gasteiger partial charge in [0.1, 0.15) is 17.4 Å². The Labute approximate surface area is 191 Å². The van der Waals surface area contributed by atoms with Crippen molar-refractivity contribution in [3.8, 4) is 5.75 Å². The number of carbonyl (C=O) groups is 2. The maximum absolute atomic E-state index is 12.6. The van der Waals surface area contributed by atoms with Crippen LogP contribution in [-0.4, -0.2) is 24.1 Å². The molecule has 7 heteroatoms. The number of hydrogen-bond donors (Lipinski definition) is 1. The molecule has 33 heavy (non-hydrogen) atoms. The maximum atomic E-state index is 12.6. The molecule has 0 aliphatic heterocycles. The van der Waals surface area contributed by atoms with Crippen LogP contribution in [0.1, 0.15) is 54.9 Å². The van der Waals surface area contributed by atoms with Crippen molar-refractivity contribution in [2.24, 2.45) is 0 Å². The van der Waals surface area contributed by atoms with Crippen molar-refractivity contribution in [2.75, 3.05) is 5.32 Å². The lowest BCUT2D eigenvalue weighted by Gasteiger charge is -2.21. The highest BCUT2D eigenvalue weighted by Gasteiger charge is 2.19. The number of rotatable bonds is 6. The van der Waals surface area contributed by atoms with E-state index < -0.39 is 11.7 Å². The van der Waals surface area contributed by atoms with Gasteiger partial charge in [-0.2, -0.15) is 0 Å². The van der Waals surface area contributed by atoms with Gasteiger partial charge in [0.15, 0.2) is 6.10 Å². The smallest absolute Gasteiger partial charge is 0.338 e. The average Bonchev–Trinajstić information content (AvgIpc) is 2.79. The summed E-state index contributed by atoms with van der Waals surface area (Å²) in [5.74, 6) is -0.271. The van der Waals surface area contributed by atoms with Crippen molar-refractivity contribution in [1.29, 1.82) is 0 Å². The third kappa shape index (κ3) is 5.61. The van der Waals surface area contributed by atoms with E-state index in [0.717, 1.165) is 36.6 Å². The molecule has 7 nitrogen and oxygen atoms in total. The molecule has 2 aromatic carbocycles. The first-order valence-corrected chi connectivity index (χ1v) is 11.2. The average molecular weight is 450 g/mol. The Bertz CT molecular complexity index is 1210. The van der Waals surface area contributed by atoms with Crippen LogP contribution in [0.15, 0.2) is 57.7 Å². The Hall–Kier alpha value is -3.61. The van der Waals surface area contributed by atoms with Crippen LogP contribution >= 0.6 is 0 Å². The standard InChI is InChI=1S/C26H27NO6/c1-16-14-24(28)33-23-15-21(12-13-22(16)23)31-17(2)25(29)27-19-10-8-18(9-11-19)26(30)32-20-6-4-3-5-7-20/h8-15,17,20H,3-7H2,1-2H3,(H,27,29). The predicted octanol–water partition coefficient (Wildman–Crippen LogP) is 5.00. The molecule has 1 N–H and O–H groups in total. The summed E-state index contributed by atoms with van der Waals surface area (Å²) in [7, 11) is 0. The molecule has 4 rings (SSSR count). The maximum Gasteiger partial charge on any atom is 0.338 e. The third-order valence-corrected chi connectivity index (χ3v) is 5.82. The van der Waals surface area contributed by atoms with E-state index in [1.54, 1.807) is 49.4 Å². The predicted molar refractivity (Wildman–Crippen MR) is 125 cm³/mol. The minimum atomic E-state index is -0.796. The van der Waals surface area contributed by atoms with Gasteiger partial charge in [-0.1, -0.05) is 6.42 Å². The molecule has 1 saturated carbocycles. The van der Waals surface area contributed by atoms with Crippen molar-refractivity contribution in [2.45, 2.75) is 58.2 Å². The summed E-state index contributed by atoms with van der Waals surface area (Å²) >= 11 is 0. The molecule has 1 heterocycles. The first kappa shape index (κ1) is 22.6. The van der Waals surface area contributed by atoms with Crippen LogP contribution < -0.4 is 15.7 Å². The molecule has 0 bridgehead atoms. The van der Waals surface area contributed by atoms with Gasteiger partial charge in [0.25, 0.3) is 5.91 Å². The van der Waals surface area contributed by atoms with E-state index in [4.69, 9.17) is 13.9 Å². The molecular formula is C26H27NO6. The van der Waals surface area contributed by atoms with E-state index in [1.165, 1.54) is 12.5 Å². The Kier molecular flexibility index (Phi) is 6.77. The van der Waals surface area contributed by atoms with Crippen LogP contribution in [0.25, 0.3) is 11.0 Å². The molecule has 0 spiro atoms. The van der Waals surface area contributed by atoms with Crippen molar-refractivity contribution in [1.82, 2.24) is 0 Å². The Balaban J connectivity index is 1.35. The van der Waals surface area contributed by atoms with Gasteiger partial charge in [-0.15, -0.1) is 0 Å². The van der Waals surface area contributed by atoms with Crippen molar-refractivity contribution in [3.05, 3.63) is 70.1 Å². The summed E-state index contributed by atoms with van der Waals surface area (Å²) in [5, 5.41) is 3.58. The van der Waals surface area contributed by atoms with Crippen LogP contribution in [0.4, 0.5) is 5.69 Å². The fourth-order valence-electron chi connectivity index (χ4n) is 3.97. The van der Waals surface area contributed by atoms with Gasteiger partial charge in [-0.25, -0.2) is 9.59 Å². The van der Waals surface area contributed by atoms with Crippen LogP contribution in [0.3, 0.4) is 0 Å². The second-order valence-corrected chi connectivity index (χ2v) is 8.40. The minimum absolute atomic E-state index is 0.00400. The number of carbonyl (C=O) groups excluding carboxylic acids is 2. The van der Waals surface area contributed by atoms with Crippen LogP contribution in [0.2, 0.25) is 0 Å². The highest BCUT2D eigenvalue weighted by Crippen LogP contribution is 2.24. The summed E-state index contributed by atoms with van der Waals surface area (Å²) in [4.78, 5) is 36.5. The molecule has 1 aromatic heterocycles. The van der Waals surface area contributed by atoms with Gasteiger partial charge in [0.2, 0.25) is 0 Å². The van der Waals surface area contributed by atoms with Gasteiger partial charge in [-0.3, -0.25) is 4.79 Å². The zero-order chi connectivity index (χ0) is 23.4. The van der Waals surface area contributed by atoms with Gasteiger partial charge < -0.3 is 19.2 Å². The number of amides is 1. The van der Waals surface area contributed by atoms with Gasteiger partial charge in [-0.05, 0) is 81.5 Å². The normalized spacial score (nSPS) is 15.1. The SMILES string of the molecule is Cc1cc(=O)oc2cc(OC(C)C(=O)Nc3ccc(C(=O)OC4CCCCC4)cc3)ccc12. The molecule has 1 amide bonds. The zero-order valence-electron chi connectivity index (χ0n) is 18.8. The van der Waals surface area contributed by atoms with E-state index in [-0.39, 0.29) is 18.0 Å². The van der Waals surface area contributed by atoms with Crippen LogP contribution in [0.5, 0.6) is 5.75 Å². The summed E-state index contributed by atoms with van der Waals surface area (Å²) in [6.45, 7) is 3.46. The van der Waals surface area contributed by atoms with Crippen molar-refractivity contribution < 1.29 is 23.5 Å². The highest BCUT2D eigenvalue weighted by molar-refractivity contribution is 5.95. The second kappa shape index (κ2) is 9.90. The van der Waals surface area contributed by atoms with Crippen LogP contribution in [0, 0.1) is 6.92 Å². The Morgan fingerprint density at radius 1 is 1.03 bits per heavy atom. The lowest BCUT2D eigenvalue weighted by Crippen LogP contribution is -2.30. The lowest BCUT2D eigenvalue weighted by atomic mass is 9.98. The molecule has 172 valence electrons. The number of fused-ring (bicyclic) bond motifs is 1. The van der Waals surface area contributed by atoms with E-state index in [2.05, 4.69) is 5.32 Å². The van der Waals surface area contributed by atoms with E-state index in [1.807, 2.05) is 6.92 Å². The molecule has 1 unspecified atom stereocenters. The molecule has 1 fully saturated rings. The summed E-state index contributed by atoms with van der Waals surface area (Å²) in [6, 6.07) is 13.1. The first-order chi connectivity index (χ1) is 15.9. The fraction of sp³-hybridized carbons (Fsp3) is 0.346. The summed E-state index contributed by atoms with van der Waals surface area (Å²) < 4.78 is 16.5. The molecule has 1 aliphatic carbocycles. The molecule has 3 aromatic rings. The van der Waals surface area contributed by atoms with E-state index in [0.29, 0.717) is 22.6 Å². The molecule has 0 radical (unpaired) electrons. The summed E-state index contributed by atoms with van der Waals surface area (Å²) in [5.41, 5.74) is 1.78. The lowest BCUT2D eigenvalue weighted by molar-refractivity contribution is -0.122. The van der Waals surface area contributed by atoms with Gasteiger partial charge in [0, 0.05) is 23.2 Å². The van der Waals surface area contributed by atoms with Crippen LogP contribution in [-0.2, 0) is 9.53 Å². The zero-order valence-corrected chi connectivity index (χ0v) is 18.8. The monoisotopic (exact) mass is 449 g/mol. The topological polar surface area (TPSA) is 94.8 Å². The van der Waals surface area contributed by atoms with E-state index >= 15 is 0 Å². The number of hydrogen-bond acceptors (Lipinski definition) is 6. The third-order valence-electron chi connectivity index (χ3n) is 5.82. The fourth-order valence-corrected chi connectivity index (χ4v) is 3.97. The molecule has 1 aliphatic rings. The molecular weight excluding hydrogens is 422 g/mol. The van der Waals surface area contributed by atoms with Crippen molar-refractivity contribution in [3.63, 3.8) is 0 Å². The number of nitrogens with one attached hydrogen (secondary N) is 1. The second-order valence-electron chi connectivity index (χ2n) is 8.40. The largest absolute Gasteiger partial charge is 0.481 e. The van der Waals surface area contributed by atoms with E-state index in [9.17, 15) is 14.4 Å². The minimum Gasteiger partial charge on any atom is -0.481 e. The Morgan fingerprint density at radius 3 is 2.48 bits per heavy atom. The van der Waals surface area contributed by atoms with Gasteiger partial charge in [0.05, 0.1) is 5.56 Å². The van der Waals surface area contributed by atoms with Gasteiger partial charge >= 0.3 is 11.6 Å². The number of aryl methyl sites for hydroxylation is 1. The number of benzene rings is 2. The molecule has 1 atom stereocenters.